The SMILES string of the molecule is COC(=O)[C@@H](CCC(=O)N[C@@H](CCCCNC(=O)C(F)(F)F)C(=O)N[C@H](C)C(=O)N[C@H](C)C(=O)O)NC(=O)[C@H](C)NC(=O)[C@@H](C)OO[C@H]1[C@H](O)[C@@H](CO)O[C@H](OP(=O)(O)OP(=O)(O)OC[C@H]2O[C@@H](n3ccc(=O)[nH]c3=O)[C@H](O)[C@@H]2O)[C@@H]1NC(C)=O. The number of H-pyrrole nitrogens is 1. The van der Waals surface area contributed by atoms with Crippen LogP contribution in [0.15, 0.2) is 21.9 Å². The third kappa shape index (κ3) is 22.8. The number of aliphatic hydroxyl groups excluding tert-OH is 4. The van der Waals surface area contributed by atoms with Crippen molar-refractivity contribution in [1.29, 1.82) is 0 Å². The van der Waals surface area contributed by atoms with Gasteiger partial charge in [-0.25, -0.2) is 28.5 Å². The molecule has 1 aromatic heterocycles. The van der Waals surface area contributed by atoms with E-state index < -0.39 is 210 Å². The van der Waals surface area contributed by atoms with Crippen LogP contribution < -0.4 is 48.5 Å². The Morgan fingerprint density at radius 1 is 0.788 bits per heavy atom. The molecule has 482 valence electrons. The number of phosphoric ester groups is 2. The predicted octanol–water partition coefficient (Wildman–Crippen LogP) is -5.94. The Balaban J connectivity index is 1.65. The zero-order valence-electron chi connectivity index (χ0n) is 45.7. The van der Waals surface area contributed by atoms with Crippen molar-refractivity contribution in [2.75, 3.05) is 26.9 Å². The van der Waals surface area contributed by atoms with E-state index in [0.717, 1.165) is 47.1 Å². The lowest BCUT2D eigenvalue weighted by Crippen LogP contribution is -2.65. The number of carboxylic acids is 1. The summed E-state index contributed by atoms with van der Waals surface area (Å²) in [6, 6.07) is -8.60. The summed E-state index contributed by atoms with van der Waals surface area (Å²) in [5.74, 6) is -10.9. The van der Waals surface area contributed by atoms with Gasteiger partial charge in [0.1, 0.15) is 72.9 Å². The van der Waals surface area contributed by atoms with Gasteiger partial charge in [-0.05, 0) is 53.4 Å². The summed E-state index contributed by atoms with van der Waals surface area (Å²) in [5.41, 5.74) is -1.91. The molecule has 0 aromatic carbocycles. The highest BCUT2D eigenvalue weighted by Crippen LogP contribution is 2.61. The second-order valence-corrected chi connectivity index (χ2v) is 21.7. The molecule has 0 spiro atoms. The molecule has 0 radical (unpaired) electrons. The van der Waals surface area contributed by atoms with E-state index in [1.807, 2.05) is 4.98 Å². The van der Waals surface area contributed by atoms with Crippen molar-refractivity contribution in [3.63, 3.8) is 0 Å². The van der Waals surface area contributed by atoms with Gasteiger partial charge >= 0.3 is 45.4 Å². The number of aromatic nitrogens is 2. The number of nitrogens with zero attached hydrogens (tertiary/aromatic N) is 1. The number of hydrogen-bond donors (Lipinski definition) is 15. The molecule has 1 aromatic rings. The normalized spacial score (nSPS) is 24.9. The van der Waals surface area contributed by atoms with Gasteiger partial charge in [-0.2, -0.15) is 17.5 Å². The highest BCUT2D eigenvalue weighted by Gasteiger charge is 2.52. The number of aliphatic carboxylic acids is 1. The van der Waals surface area contributed by atoms with Crippen molar-refractivity contribution in [2.24, 2.45) is 0 Å². The first-order valence-electron chi connectivity index (χ1n) is 25.1. The summed E-state index contributed by atoms with van der Waals surface area (Å²) < 4.78 is 93.8. The lowest BCUT2D eigenvalue weighted by atomic mass is 9.97. The second-order valence-electron chi connectivity index (χ2n) is 18.7. The van der Waals surface area contributed by atoms with Gasteiger partial charge in [0, 0.05) is 32.2 Å². The predicted molar refractivity (Wildman–Crippen MR) is 268 cm³/mol. The van der Waals surface area contributed by atoms with E-state index in [1.54, 1.807) is 5.32 Å². The number of carboxylic acid groups (broad SMARTS) is 1. The number of nitrogens with one attached hydrogen (secondary N) is 8. The number of halogens is 3. The van der Waals surface area contributed by atoms with E-state index in [1.165, 1.54) is 6.92 Å². The van der Waals surface area contributed by atoms with E-state index in [9.17, 15) is 105 Å². The summed E-state index contributed by atoms with van der Waals surface area (Å²) in [6.45, 7) is 2.49. The molecule has 37 nitrogen and oxygen atoms in total. The van der Waals surface area contributed by atoms with Crippen molar-refractivity contribution in [3.05, 3.63) is 33.1 Å². The average Bonchev–Trinajstić information content (AvgIpc) is 2.37. The number of hydrogen-bond acceptors (Lipinski definition) is 25. The van der Waals surface area contributed by atoms with Crippen LogP contribution in [0.1, 0.15) is 73.0 Å². The van der Waals surface area contributed by atoms with Crippen LogP contribution in [0.4, 0.5) is 13.2 Å². The Morgan fingerprint density at radius 3 is 1.98 bits per heavy atom. The van der Waals surface area contributed by atoms with E-state index in [2.05, 4.69) is 40.7 Å². The maximum absolute atomic E-state index is 13.3. The zero-order chi connectivity index (χ0) is 64.5. The third-order valence-corrected chi connectivity index (χ3v) is 14.6. The van der Waals surface area contributed by atoms with E-state index >= 15 is 0 Å². The molecule has 0 bridgehead atoms. The lowest BCUT2D eigenvalue weighted by molar-refractivity contribution is -0.385. The minimum atomic E-state index is -5.98. The largest absolute Gasteiger partial charge is 0.483 e. The molecule has 2 aliphatic rings. The van der Waals surface area contributed by atoms with Gasteiger partial charge in [0.25, 0.3) is 11.5 Å². The van der Waals surface area contributed by atoms with Crippen LogP contribution in [-0.2, 0) is 89.6 Å². The molecule has 17 atom stereocenters. The number of ether oxygens (including phenoxy) is 3. The fourth-order valence-electron chi connectivity index (χ4n) is 7.50. The molecule has 0 saturated carbocycles. The topological polar surface area (TPSA) is 542 Å². The fraction of sp³-hybridized carbons (Fsp3) is 0.698. The molecule has 42 heteroatoms. The van der Waals surface area contributed by atoms with Crippen LogP contribution in [-0.4, -0.2) is 216 Å². The average molecular weight is 1280 g/mol. The van der Waals surface area contributed by atoms with E-state index in [-0.39, 0.29) is 19.3 Å². The molecule has 7 amide bonds. The van der Waals surface area contributed by atoms with Crippen LogP contribution >= 0.6 is 15.6 Å². The molecular formula is C43H66F3N9O28P2. The van der Waals surface area contributed by atoms with Gasteiger partial charge < -0.3 is 86.7 Å². The van der Waals surface area contributed by atoms with Crippen LogP contribution in [0.5, 0.6) is 0 Å². The first kappa shape index (κ1) is 72.9. The fourth-order valence-corrected chi connectivity index (χ4v) is 9.66. The number of alkyl halides is 3. The Bertz CT molecular complexity index is 2760. The summed E-state index contributed by atoms with van der Waals surface area (Å²) in [5, 5.41) is 65.9. The third-order valence-electron chi connectivity index (χ3n) is 12.0. The number of carbonyl (C=O) groups excluding carboxylic acids is 8. The molecule has 2 saturated heterocycles. The number of aromatic amines is 1. The molecule has 2 fully saturated rings. The summed E-state index contributed by atoms with van der Waals surface area (Å²) in [6.07, 6.45) is -23.4. The van der Waals surface area contributed by atoms with Crippen molar-refractivity contribution < 1.29 is 138 Å². The lowest BCUT2D eigenvalue weighted by Gasteiger charge is -2.43. The number of carbonyl (C=O) groups is 9. The zero-order valence-corrected chi connectivity index (χ0v) is 47.4. The second kappa shape index (κ2) is 32.4. The highest BCUT2D eigenvalue weighted by molar-refractivity contribution is 7.61. The van der Waals surface area contributed by atoms with Gasteiger partial charge in [0.05, 0.1) is 20.3 Å². The molecular weight excluding hydrogens is 1210 g/mol. The minimum Gasteiger partial charge on any atom is -0.480 e. The monoisotopic (exact) mass is 1280 g/mol. The van der Waals surface area contributed by atoms with Crippen LogP contribution in [0.3, 0.4) is 0 Å². The van der Waals surface area contributed by atoms with Crippen LogP contribution in [0.25, 0.3) is 0 Å². The minimum absolute atomic E-state index is 0.0952. The number of esters is 1. The smallest absolute Gasteiger partial charge is 0.480 e. The van der Waals surface area contributed by atoms with Gasteiger partial charge in [0.15, 0.2) is 18.6 Å². The Kier molecular flexibility index (Phi) is 27.8. The molecule has 2 unspecified atom stereocenters. The Morgan fingerprint density at radius 2 is 1.40 bits per heavy atom. The molecule has 85 heavy (non-hydrogen) atoms. The van der Waals surface area contributed by atoms with Gasteiger partial charge in [-0.3, -0.25) is 61.7 Å². The van der Waals surface area contributed by atoms with Crippen molar-refractivity contribution in [3.8, 4) is 0 Å². The standard InChI is InChI=1S/C43H66F3N9O28P2/c1-17(33(63)50-19(3)38(67)68)49-36(66)22(9-7-8-13-47-41(70)43(44,45)46)52-26(58)11-10-23(39(69)76-6)53-34(64)18(2)48-35(65)20(4)80-81-32-28(51-21(5)57)40(79-24(15-56)30(32)61)82-85(74,75)83-84(72,73)77-16-25-29(60)31(62)37(78-25)55-14-12-27(59)54-42(55)71/h12,14,17-20,22-25,28-32,37,40,56,60-62H,7-11,13,15-16H2,1-6H3,(H,47,70)(H,48,65)(H,49,66)(H,50,63)(H,51,57)(H,52,58)(H,53,64)(H,67,68)(H,72,73)(H,74,75)(H,54,59,71)/t17-,18+,19-,20-,22+,23-,24-,25-,28-,29-,30-,31-,32-,37-,40-/m1/s1. The first-order valence-corrected chi connectivity index (χ1v) is 28.1. The summed E-state index contributed by atoms with van der Waals surface area (Å²) in [7, 11) is -10.9. The molecule has 3 rings (SSSR count). The molecule has 0 aliphatic carbocycles. The van der Waals surface area contributed by atoms with Gasteiger partial charge in [-0.1, -0.05) is 0 Å². The molecule has 3 heterocycles. The van der Waals surface area contributed by atoms with Crippen LogP contribution in [0, 0.1) is 0 Å². The number of methoxy groups -OCH3 is 1. The maximum atomic E-state index is 13.3. The number of aliphatic hydroxyl groups is 4. The highest BCUT2D eigenvalue weighted by atomic mass is 31.3. The molecule has 15 N–H and O–H groups in total. The maximum Gasteiger partial charge on any atom is 0.483 e. The summed E-state index contributed by atoms with van der Waals surface area (Å²) in [4.78, 5) is 170. The molecule has 2 aliphatic heterocycles. The van der Waals surface area contributed by atoms with Crippen molar-refractivity contribution in [1.82, 2.24) is 46.8 Å². The number of rotatable bonds is 32. The van der Waals surface area contributed by atoms with Gasteiger partial charge in [-0.15, -0.1) is 0 Å². The quantitative estimate of drug-likeness (QED) is 0.0105. The first-order chi connectivity index (χ1) is 39.4. The Labute approximate surface area is 477 Å². The number of phosphoric acid groups is 2. The van der Waals surface area contributed by atoms with E-state index in [4.69, 9.17) is 33.6 Å². The van der Waals surface area contributed by atoms with E-state index in [0.29, 0.717) is 4.57 Å². The van der Waals surface area contributed by atoms with Crippen LogP contribution in [0.2, 0.25) is 0 Å². The Hall–Kier alpha value is -6.36. The van der Waals surface area contributed by atoms with Crippen molar-refractivity contribution >= 4 is 68.9 Å². The van der Waals surface area contributed by atoms with Gasteiger partial charge in [0.2, 0.25) is 29.5 Å². The number of unbranched alkanes of at least 4 members (excludes halogenated alkanes) is 1. The summed E-state index contributed by atoms with van der Waals surface area (Å²) >= 11 is 0. The van der Waals surface area contributed by atoms with Crippen molar-refractivity contribution in [2.45, 2.75) is 164 Å². The number of amides is 7.